The second-order valence-electron chi connectivity index (χ2n) is 27.4. The maximum absolute atomic E-state index is 14.9. The first kappa shape index (κ1) is 80.4. The molecule has 0 spiro atoms. The molecule has 0 radical (unpaired) electrons. The third-order valence-electron chi connectivity index (χ3n) is 18.5. The Kier molecular flexibility index (Phi) is 30.9. The number of aromatic nitrogens is 1. The number of rotatable bonds is 38. The first-order valence-corrected chi connectivity index (χ1v) is 36.2. The van der Waals surface area contributed by atoms with E-state index >= 15 is 0 Å². The van der Waals surface area contributed by atoms with Crippen molar-refractivity contribution in [2.24, 2.45) is 17.3 Å². The molecule has 2 aliphatic rings. The van der Waals surface area contributed by atoms with Gasteiger partial charge in [0.25, 0.3) is 11.8 Å². The average Bonchev–Trinajstić information content (AvgIpc) is 1.61. The molecular formula is C79H97N9O14S. The number of Topliss-reactive ketones (excluding diaryl/α,β-unsaturated/α-hetero) is 2. The van der Waals surface area contributed by atoms with Crippen molar-refractivity contribution >= 4 is 87.6 Å². The molecule has 7 amide bonds. The van der Waals surface area contributed by atoms with Crippen molar-refractivity contribution < 1.29 is 67.4 Å². The number of thiazole rings is 1. The summed E-state index contributed by atoms with van der Waals surface area (Å²) in [5.74, 6) is 2.51. The Morgan fingerprint density at radius 2 is 1.46 bits per heavy atom. The van der Waals surface area contributed by atoms with Crippen LogP contribution in [0.25, 0.3) is 0 Å². The van der Waals surface area contributed by atoms with Gasteiger partial charge in [0.1, 0.15) is 16.7 Å². The van der Waals surface area contributed by atoms with Crippen molar-refractivity contribution in [2.45, 2.75) is 194 Å². The number of unbranched alkanes of at least 4 members (excludes halogenated alkanes) is 1. The lowest BCUT2D eigenvalue weighted by molar-refractivity contribution is -0.213. The Morgan fingerprint density at radius 3 is 2.15 bits per heavy atom. The number of esters is 1. The molecule has 1 aromatic heterocycles. The molecule has 5 aromatic rings. The second-order valence-corrected chi connectivity index (χ2v) is 28.3. The van der Waals surface area contributed by atoms with E-state index in [1.54, 1.807) is 67.3 Å². The number of likely N-dealkylation sites (N-methyl/N-ethyl adjacent to an activating group) is 1. The van der Waals surface area contributed by atoms with E-state index in [1.165, 1.54) is 17.4 Å². The monoisotopic (exact) mass is 1430 g/mol. The van der Waals surface area contributed by atoms with Crippen LogP contribution in [0.2, 0.25) is 0 Å². The number of amides is 7. The number of carbonyl (C=O) groups excluding carboxylic acids is 10. The quantitative estimate of drug-likeness (QED) is 0.00927. The zero-order valence-corrected chi connectivity index (χ0v) is 61.0. The molecule has 0 unspecified atom stereocenters. The van der Waals surface area contributed by atoms with E-state index in [0.29, 0.717) is 48.2 Å². The number of carbonyl (C=O) groups is 11. The highest BCUT2D eigenvalue weighted by molar-refractivity contribution is 7.09. The third-order valence-corrected chi connectivity index (χ3v) is 19.4. The summed E-state index contributed by atoms with van der Waals surface area (Å²) in [6.07, 6.45) is 7.34. The Bertz CT molecular complexity index is 3910. The van der Waals surface area contributed by atoms with Gasteiger partial charge in [0.2, 0.25) is 29.5 Å². The van der Waals surface area contributed by atoms with Crippen LogP contribution < -0.4 is 31.5 Å². The molecule has 548 valence electrons. The third kappa shape index (κ3) is 24.7. The van der Waals surface area contributed by atoms with E-state index in [4.69, 9.17) is 16.0 Å². The molecule has 0 saturated carbocycles. The number of ketones is 2. The number of hydrogen-bond donors (Lipinski definition) is 6. The number of carboxylic acids is 1. The lowest BCUT2D eigenvalue weighted by Gasteiger charge is -2.39. The van der Waals surface area contributed by atoms with Crippen molar-refractivity contribution in [3.8, 4) is 24.2 Å². The zero-order chi connectivity index (χ0) is 74.8. The minimum absolute atomic E-state index is 0.00401. The van der Waals surface area contributed by atoms with Gasteiger partial charge in [-0.05, 0) is 125 Å². The van der Waals surface area contributed by atoms with Crippen LogP contribution >= 0.6 is 11.3 Å². The van der Waals surface area contributed by atoms with Crippen LogP contribution in [0.1, 0.15) is 188 Å². The number of piperidine rings is 1. The number of para-hydroxylation sites is 1. The molecule has 7 atom stereocenters. The van der Waals surface area contributed by atoms with Gasteiger partial charge >= 0.3 is 11.9 Å². The molecule has 0 aliphatic carbocycles. The molecule has 0 bridgehead atoms. The number of likely N-dealkylation sites (tertiary alicyclic amines) is 1. The van der Waals surface area contributed by atoms with Gasteiger partial charge in [0, 0.05) is 86.5 Å². The SMILES string of the molecule is C#CCCCON(C(=O)[C@@H](NC(=O)[C@H]1CCCCN1C)[C@@H](C)CC)[C@H](C[C@@H](OC(C)=O)c1nc(C(=O)N[C@@H](Cc2ccc(NC(=O)CCC(=O)[C@H](Cc3ccccc3)NC(=O)CCC(=O)CNC(=O)CCC(=O)N3Cc4ccccc4C#Cc4ccccc43)cc2)CC(C)(C)C(=O)O)cs1)C(C)C. The summed E-state index contributed by atoms with van der Waals surface area (Å²) in [7, 11) is 1.90. The summed E-state index contributed by atoms with van der Waals surface area (Å²) < 4.78 is 5.91. The highest BCUT2D eigenvalue weighted by Gasteiger charge is 2.41. The predicted octanol–water partition coefficient (Wildman–Crippen LogP) is 9.40. The largest absolute Gasteiger partial charge is 0.481 e. The second kappa shape index (κ2) is 39.5. The molecule has 24 heteroatoms. The van der Waals surface area contributed by atoms with Gasteiger partial charge in [-0.15, -0.1) is 23.7 Å². The van der Waals surface area contributed by atoms with Gasteiger partial charge in [0.05, 0.1) is 48.9 Å². The number of nitrogens with one attached hydrogen (secondary N) is 5. The number of carboxylic acid groups (broad SMARTS) is 1. The number of fused-ring (bicyclic) bond motifs is 2. The Balaban J connectivity index is 0.933. The van der Waals surface area contributed by atoms with E-state index in [1.807, 2.05) is 94.2 Å². The molecule has 6 N–H and O–H groups in total. The normalized spacial score (nSPS) is 15.2. The average molecular weight is 1430 g/mol. The summed E-state index contributed by atoms with van der Waals surface area (Å²) in [5, 5.41) is 27.4. The van der Waals surface area contributed by atoms with E-state index in [0.717, 1.165) is 47.4 Å². The van der Waals surface area contributed by atoms with Crippen LogP contribution in [-0.2, 0) is 76.9 Å². The lowest BCUT2D eigenvalue weighted by Crippen LogP contribution is -2.58. The van der Waals surface area contributed by atoms with Gasteiger partial charge in [-0.2, -0.15) is 0 Å². The fraction of sp³-hybridized carbons (Fsp3) is 0.468. The lowest BCUT2D eigenvalue weighted by atomic mass is 9.84. The van der Waals surface area contributed by atoms with Gasteiger partial charge < -0.3 is 41.3 Å². The molecule has 103 heavy (non-hydrogen) atoms. The van der Waals surface area contributed by atoms with Crippen LogP contribution in [0, 0.1) is 41.4 Å². The number of benzene rings is 4. The van der Waals surface area contributed by atoms with Gasteiger partial charge in [-0.25, -0.2) is 10.0 Å². The van der Waals surface area contributed by atoms with Crippen molar-refractivity contribution in [1.82, 2.24) is 36.2 Å². The summed E-state index contributed by atoms with van der Waals surface area (Å²) in [6, 6.07) is 26.6. The number of hydrogen-bond acceptors (Lipinski definition) is 16. The minimum atomic E-state index is -1.31. The fourth-order valence-electron chi connectivity index (χ4n) is 12.3. The number of aliphatic carboxylic acids is 1. The smallest absolute Gasteiger partial charge is 0.309 e. The van der Waals surface area contributed by atoms with E-state index < -0.39 is 94.8 Å². The van der Waals surface area contributed by atoms with Gasteiger partial charge in [-0.1, -0.05) is 125 Å². The topological polar surface area (TPSA) is 309 Å². The Labute approximate surface area is 607 Å². The van der Waals surface area contributed by atoms with E-state index in [9.17, 15) is 57.8 Å². The molecule has 3 heterocycles. The molecule has 1 fully saturated rings. The van der Waals surface area contributed by atoms with Crippen LogP contribution in [0.4, 0.5) is 11.4 Å². The number of terminal acetylenes is 1. The van der Waals surface area contributed by atoms with Crippen molar-refractivity contribution in [2.75, 3.05) is 37.0 Å². The molecule has 2 aliphatic heterocycles. The Morgan fingerprint density at radius 1 is 0.786 bits per heavy atom. The summed E-state index contributed by atoms with van der Waals surface area (Å²) in [6.45, 7) is 12.7. The molecule has 4 aromatic carbocycles. The van der Waals surface area contributed by atoms with Crippen molar-refractivity contribution in [3.05, 3.63) is 147 Å². The van der Waals surface area contributed by atoms with Gasteiger partial charge in [-0.3, -0.25) is 62.5 Å². The minimum Gasteiger partial charge on any atom is -0.481 e. The van der Waals surface area contributed by atoms with Crippen molar-refractivity contribution in [1.29, 1.82) is 0 Å². The first-order chi connectivity index (χ1) is 49.2. The first-order valence-electron chi connectivity index (χ1n) is 35.3. The number of ether oxygens (including phenoxy) is 1. The molecule has 1 saturated heterocycles. The molecular weight excluding hydrogens is 1330 g/mol. The number of hydroxylamine groups is 2. The number of nitrogens with zero attached hydrogens (tertiary/aromatic N) is 4. The van der Waals surface area contributed by atoms with Gasteiger partial charge in [0.15, 0.2) is 17.7 Å². The van der Waals surface area contributed by atoms with E-state index in [-0.39, 0.29) is 118 Å². The van der Waals surface area contributed by atoms with Crippen LogP contribution in [-0.4, -0.2) is 142 Å². The summed E-state index contributed by atoms with van der Waals surface area (Å²) in [4.78, 5) is 163. The number of anilines is 2. The van der Waals surface area contributed by atoms with Crippen molar-refractivity contribution in [3.63, 3.8) is 0 Å². The van der Waals surface area contributed by atoms with Crippen LogP contribution in [0.15, 0.2) is 109 Å². The van der Waals surface area contributed by atoms with Crippen LogP contribution in [0.3, 0.4) is 0 Å². The summed E-state index contributed by atoms with van der Waals surface area (Å²) in [5.41, 5.74) is 3.45. The summed E-state index contributed by atoms with van der Waals surface area (Å²) >= 11 is 1.07. The zero-order valence-electron chi connectivity index (χ0n) is 60.2. The highest BCUT2D eigenvalue weighted by Crippen LogP contribution is 2.34. The molecule has 7 rings (SSSR count). The predicted molar refractivity (Wildman–Crippen MR) is 391 cm³/mol. The standard InChI is InChI=1S/C79H97N9O14S/c1-10-12-22-43-101-88(77(98)73(52(5)11-2)85-75(97)65-29-20-21-42-86(65)9)66(51(3)4)46-68(102-53(6)89)76-84-63(50-103-76)74(96)82-60(47-79(7,8)78(99)100)44-55-30-34-59(35-31-55)81-70(93)39-37-67(91)62(45-54-23-14-13-15-24-54)83-71(94)38-36-61(90)48-80-69(92)40-41-72(95)87-49-58-27-17-16-25-56(58)32-33-57-26-18-19-28-64(57)87/h1,13-19,23-28,30-31,34-35,50-52,60,62,65-66,68,73H,11-12,20-22,29,36-49H2,2-9H3,(H,80,92)(H,81,93)(H,82,96)(H,83,94)(H,85,97)(H,99,100)/t52-,60-,62-,65+,66+,68+,73-/m0/s1. The van der Waals surface area contributed by atoms with E-state index in [2.05, 4.69) is 49.3 Å². The maximum Gasteiger partial charge on any atom is 0.309 e. The maximum atomic E-state index is 14.9. The highest BCUT2D eigenvalue weighted by atomic mass is 32.1. The fourth-order valence-corrected chi connectivity index (χ4v) is 13.1. The molecule has 23 nitrogen and oxygen atoms in total. The Hall–Kier alpha value is -9.88. The van der Waals surface area contributed by atoms with Crippen LogP contribution in [0.5, 0.6) is 0 Å².